The highest BCUT2D eigenvalue weighted by Crippen LogP contribution is 2.37. The van der Waals surface area contributed by atoms with Crippen molar-refractivity contribution in [1.82, 2.24) is 15.0 Å². The molecule has 6 heteroatoms. The Morgan fingerprint density at radius 3 is 1.33 bits per heavy atom. The van der Waals surface area contributed by atoms with Crippen molar-refractivity contribution >= 4 is 43.8 Å². The lowest BCUT2D eigenvalue weighted by molar-refractivity contribution is 0.619. The maximum Gasteiger partial charge on any atom is 0.227 e. The van der Waals surface area contributed by atoms with Crippen LogP contribution in [0.1, 0.15) is 0 Å². The summed E-state index contributed by atoms with van der Waals surface area (Å²) in [4.78, 5) is 14.3. The summed E-state index contributed by atoms with van der Waals surface area (Å²) in [5, 5.41) is 0.991. The lowest BCUT2D eigenvalue weighted by Crippen LogP contribution is -1.87. The Hall–Kier alpha value is -5.85. The van der Waals surface area contributed by atoms with Crippen LogP contribution in [0.4, 0.5) is 0 Å². The summed E-state index contributed by atoms with van der Waals surface area (Å²) >= 11 is 1.71. The van der Waals surface area contributed by atoms with E-state index in [1.165, 1.54) is 4.70 Å². The Morgan fingerprint density at radius 2 is 0.822 bits per heavy atom. The number of para-hydroxylation sites is 5. The van der Waals surface area contributed by atoms with Crippen molar-refractivity contribution in [3.05, 3.63) is 140 Å². The molecule has 9 aromatic rings. The van der Waals surface area contributed by atoms with E-state index in [4.69, 9.17) is 13.8 Å². The largest absolute Gasteiger partial charge is 0.436 e. The van der Waals surface area contributed by atoms with Gasteiger partial charge < -0.3 is 8.83 Å². The molecule has 0 unspecified atom stereocenters. The Labute approximate surface area is 262 Å². The van der Waals surface area contributed by atoms with Crippen molar-refractivity contribution < 1.29 is 8.83 Å². The van der Waals surface area contributed by atoms with E-state index in [1.54, 1.807) is 11.3 Å². The summed E-state index contributed by atoms with van der Waals surface area (Å²) in [6.45, 7) is 0. The minimum absolute atomic E-state index is 0.616. The molecule has 0 radical (unpaired) electrons. The fraction of sp³-hybridized carbons (Fsp3) is 0. The third-order valence-electron chi connectivity index (χ3n) is 7.99. The van der Waals surface area contributed by atoms with Gasteiger partial charge >= 0.3 is 0 Å². The first-order chi connectivity index (χ1) is 22.2. The number of rotatable bonds is 5. The molecule has 3 heterocycles. The molecule has 0 bridgehead atoms. The summed E-state index contributed by atoms with van der Waals surface area (Å²) in [7, 11) is 0. The monoisotopic (exact) mass is 597 g/mol. The summed E-state index contributed by atoms with van der Waals surface area (Å²) < 4.78 is 13.2. The van der Waals surface area contributed by atoms with Crippen molar-refractivity contribution in [1.29, 1.82) is 0 Å². The molecule has 0 aliphatic carbocycles. The summed E-state index contributed by atoms with van der Waals surface area (Å²) in [5.41, 5.74) is 11.6. The fourth-order valence-electron chi connectivity index (χ4n) is 5.68. The number of hydrogen-bond acceptors (Lipinski definition) is 6. The van der Waals surface area contributed by atoms with Crippen molar-refractivity contribution in [3.63, 3.8) is 0 Å². The van der Waals surface area contributed by atoms with Crippen LogP contribution < -0.4 is 0 Å². The normalized spacial score (nSPS) is 11.6. The van der Waals surface area contributed by atoms with Gasteiger partial charge in [0.25, 0.3) is 0 Å². The van der Waals surface area contributed by atoms with Gasteiger partial charge in [-0.1, -0.05) is 60.7 Å². The number of benzene rings is 6. The molecule has 0 saturated carbocycles. The lowest BCUT2D eigenvalue weighted by atomic mass is 9.95. The molecule has 0 atom stereocenters. The quantitative estimate of drug-likeness (QED) is 0.197. The molecule has 45 heavy (non-hydrogen) atoms. The molecule has 5 nitrogen and oxygen atoms in total. The minimum Gasteiger partial charge on any atom is -0.436 e. The van der Waals surface area contributed by atoms with Crippen LogP contribution in [0.3, 0.4) is 0 Å². The molecular weight excluding hydrogens is 575 g/mol. The predicted octanol–water partition coefficient (Wildman–Crippen LogP) is 10.9. The average molecular weight is 598 g/mol. The number of oxazole rings is 2. The molecule has 6 aromatic carbocycles. The standard InChI is InChI=1S/C39H23N3O2S/c1-4-10-34-31(7-1)40-37(43-34)26-17-13-24(14-18-26)28-21-29(23-30(22-28)39-42-33-9-3-6-12-36(33)45-39)25-15-19-27(20-16-25)38-41-32-8-2-5-11-35(32)44-38/h1-23H. The van der Waals surface area contributed by atoms with Gasteiger partial charge in [0.1, 0.15) is 16.0 Å². The molecule has 3 aromatic heterocycles. The summed E-state index contributed by atoms with van der Waals surface area (Å²) in [6, 6.07) is 47.4. The maximum atomic E-state index is 6.01. The average Bonchev–Trinajstić information content (AvgIpc) is 3.85. The molecule has 0 aliphatic heterocycles. The van der Waals surface area contributed by atoms with E-state index in [2.05, 4.69) is 94.9 Å². The van der Waals surface area contributed by atoms with Gasteiger partial charge in [0, 0.05) is 16.7 Å². The predicted molar refractivity (Wildman–Crippen MR) is 182 cm³/mol. The molecule has 0 aliphatic rings. The van der Waals surface area contributed by atoms with Gasteiger partial charge in [-0.2, -0.15) is 0 Å². The summed E-state index contributed by atoms with van der Waals surface area (Å²) in [6.07, 6.45) is 0. The molecule has 0 saturated heterocycles. The number of thiazole rings is 1. The SMILES string of the molecule is c1ccc2oc(-c3ccc(-c4cc(-c5ccc(-c6nc7ccccc7o6)cc5)cc(-c5nc6ccccc6s5)c4)cc3)nc2c1. The van der Waals surface area contributed by atoms with Gasteiger partial charge in [-0.15, -0.1) is 11.3 Å². The molecule has 9 rings (SSSR count). The minimum atomic E-state index is 0.616. The highest BCUT2D eigenvalue weighted by Gasteiger charge is 2.14. The van der Waals surface area contributed by atoms with Gasteiger partial charge in [-0.05, 0) is 101 Å². The van der Waals surface area contributed by atoms with Crippen LogP contribution in [0.5, 0.6) is 0 Å². The molecular formula is C39H23N3O2S. The van der Waals surface area contributed by atoms with Crippen LogP contribution >= 0.6 is 11.3 Å². The van der Waals surface area contributed by atoms with E-state index < -0.39 is 0 Å². The first-order valence-electron chi connectivity index (χ1n) is 14.7. The van der Waals surface area contributed by atoms with Gasteiger partial charge in [0.15, 0.2) is 11.2 Å². The van der Waals surface area contributed by atoms with Crippen LogP contribution in [0.25, 0.3) is 88.1 Å². The van der Waals surface area contributed by atoms with E-state index in [9.17, 15) is 0 Å². The Kier molecular flexibility index (Phi) is 5.92. The third-order valence-corrected chi connectivity index (χ3v) is 9.08. The Bertz CT molecular complexity index is 2250. The van der Waals surface area contributed by atoms with Crippen molar-refractivity contribution in [2.45, 2.75) is 0 Å². The molecule has 0 amide bonds. The maximum absolute atomic E-state index is 6.01. The number of aromatic nitrogens is 3. The van der Waals surface area contributed by atoms with Crippen molar-refractivity contribution in [3.8, 4) is 55.7 Å². The second kappa shape index (κ2) is 10.4. The molecule has 0 fully saturated rings. The smallest absolute Gasteiger partial charge is 0.227 e. The van der Waals surface area contributed by atoms with Crippen molar-refractivity contribution in [2.75, 3.05) is 0 Å². The van der Waals surface area contributed by atoms with Crippen LogP contribution in [-0.4, -0.2) is 15.0 Å². The van der Waals surface area contributed by atoms with E-state index in [-0.39, 0.29) is 0 Å². The van der Waals surface area contributed by atoms with Gasteiger partial charge in [0.2, 0.25) is 11.8 Å². The fourth-order valence-corrected chi connectivity index (χ4v) is 6.63. The van der Waals surface area contributed by atoms with E-state index >= 15 is 0 Å². The molecule has 0 spiro atoms. The highest BCUT2D eigenvalue weighted by molar-refractivity contribution is 7.21. The van der Waals surface area contributed by atoms with Gasteiger partial charge in [0.05, 0.1) is 10.2 Å². The zero-order valence-corrected chi connectivity index (χ0v) is 24.7. The summed E-state index contributed by atoms with van der Waals surface area (Å²) in [5.74, 6) is 1.23. The van der Waals surface area contributed by atoms with Crippen LogP contribution in [0.2, 0.25) is 0 Å². The Balaban J connectivity index is 1.12. The first kappa shape index (κ1) is 25.6. The van der Waals surface area contributed by atoms with E-state index in [0.717, 1.165) is 71.7 Å². The number of fused-ring (bicyclic) bond motifs is 3. The van der Waals surface area contributed by atoms with Gasteiger partial charge in [-0.25, -0.2) is 15.0 Å². The Morgan fingerprint density at radius 1 is 0.378 bits per heavy atom. The van der Waals surface area contributed by atoms with Gasteiger partial charge in [-0.3, -0.25) is 0 Å². The highest BCUT2D eigenvalue weighted by atomic mass is 32.1. The lowest BCUT2D eigenvalue weighted by Gasteiger charge is -2.10. The third kappa shape index (κ3) is 4.69. The number of hydrogen-bond donors (Lipinski definition) is 0. The van der Waals surface area contributed by atoms with E-state index in [0.29, 0.717) is 11.8 Å². The van der Waals surface area contributed by atoms with Crippen LogP contribution in [-0.2, 0) is 0 Å². The first-order valence-corrected chi connectivity index (χ1v) is 15.5. The van der Waals surface area contributed by atoms with E-state index in [1.807, 2.05) is 54.6 Å². The topological polar surface area (TPSA) is 65.0 Å². The molecule has 212 valence electrons. The van der Waals surface area contributed by atoms with Crippen LogP contribution in [0.15, 0.2) is 148 Å². The molecule has 0 N–H and O–H groups in total. The number of nitrogens with zero attached hydrogens (tertiary/aromatic N) is 3. The zero-order chi connectivity index (χ0) is 29.7. The van der Waals surface area contributed by atoms with Crippen molar-refractivity contribution in [2.24, 2.45) is 0 Å². The van der Waals surface area contributed by atoms with Crippen LogP contribution in [0, 0.1) is 0 Å². The second-order valence-electron chi connectivity index (χ2n) is 10.9. The zero-order valence-electron chi connectivity index (χ0n) is 23.8. The second-order valence-corrected chi connectivity index (χ2v) is 11.9.